The van der Waals surface area contributed by atoms with Gasteiger partial charge in [0.1, 0.15) is 0 Å². The van der Waals surface area contributed by atoms with Crippen molar-refractivity contribution in [1.82, 2.24) is 15.5 Å². The van der Waals surface area contributed by atoms with Crippen molar-refractivity contribution in [3.05, 3.63) is 11.8 Å². The van der Waals surface area contributed by atoms with Crippen LogP contribution in [0.4, 0.5) is 0 Å². The molecule has 2 unspecified atom stereocenters. The first kappa shape index (κ1) is 13.0. The molecule has 2 atom stereocenters. The highest BCUT2D eigenvalue weighted by Crippen LogP contribution is 2.29. The molecule has 0 aliphatic heterocycles. The normalized spacial score (nSPS) is 24.1. The molecule has 0 amide bonds. The zero-order valence-corrected chi connectivity index (χ0v) is 10.6. The van der Waals surface area contributed by atoms with Gasteiger partial charge in [-0.2, -0.15) is 0 Å². The Morgan fingerprint density at radius 3 is 2.89 bits per heavy atom. The van der Waals surface area contributed by atoms with Crippen molar-refractivity contribution < 1.29 is 14.3 Å². The smallest absolute Gasteiger partial charge is 0.306 e. The van der Waals surface area contributed by atoms with Crippen molar-refractivity contribution in [2.24, 2.45) is 11.8 Å². The van der Waals surface area contributed by atoms with E-state index in [1.807, 2.05) is 0 Å². The highest BCUT2D eigenvalue weighted by atomic mass is 16.4. The molecule has 1 heterocycles. The van der Waals surface area contributed by atoms with Gasteiger partial charge >= 0.3 is 5.97 Å². The maximum atomic E-state index is 11.1. The molecule has 1 aromatic rings. The standard InChI is InChI=1S/C12H19N3O3/c1-8-14-15-11(18-8)7-13-6-9-4-2-3-5-10(9)12(16)17/h9-10,13H,2-7H2,1H3,(H,16,17). The first-order valence-electron chi connectivity index (χ1n) is 6.39. The first-order chi connectivity index (χ1) is 8.66. The lowest BCUT2D eigenvalue weighted by Gasteiger charge is -2.28. The summed E-state index contributed by atoms with van der Waals surface area (Å²) in [6.45, 7) is 2.94. The molecular formula is C12H19N3O3. The number of rotatable bonds is 5. The van der Waals surface area contributed by atoms with Gasteiger partial charge in [-0.15, -0.1) is 10.2 Å². The van der Waals surface area contributed by atoms with Gasteiger partial charge in [0.2, 0.25) is 11.8 Å². The monoisotopic (exact) mass is 253 g/mol. The van der Waals surface area contributed by atoms with E-state index in [1.165, 1.54) is 0 Å². The summed E-state index contributed by atoms with van der Waals surface area (Å²) in [5, 5.41) is 20.0. The van der Waals surface area contributed by atoms with Crippen LogP contribution in [-0.2, 0) is 11.3 Å². The van der Waals surface area contributed by atoms with Crippen LogP contribution in [0.25, 0.3) is 0 Å². The second-order valence-corrected chi connectivity index (χ2v) is 4.83. The first-order valence-corrected chi connectivity index (χ1v) is 6.39. The fraction of sp³-hybridized carbons (Fsp3) is 0.750. The highest BCUT2D eigenvalue weighted by molar-refractivity contribution is 5.70. The van der Waals surface area contributed by atoms with E-state index in [0.717, 1.165) is 25.7 Å². The molecule has 2 rings (SSSR count). The molecule has 0 aromatic carbocycles. The van der Waals surface area contributed by atoms with Crippen LogP contribution < -0.4 is 5.32 Å². The second kappa shape index (κ2) is 5.95. The van der Waals surface area contributed by atoms with E-state index in [-0.39, 0.29) is 11.8 Å². The van der Waals surface area contributed by atoms with Gasteiger partial charge in [0.15, 0.2) is 0 Å². The molecule has 1 aliphatic carbocycles. The predicted molar refractivity (Wildman–Crippen MR) is 63.8 cm³/mol. The highest BCUT2D eigenvalue weighted by Gasteiger charge is 2.30. The van der Waals surface area contributed by atoms with E-state index < -0.39 is 5.97 Å². The fourth-order valence-corrected chi connectivity index (χ4v) is 2.55. The Balaban J connectivity index is 1.79. The number of nitrogens with one attached hydrogen (secondary N) is 1. The molecular weight excluding hydrogens is 234 g/mol. The molecule has 1 aliphatic rings. The average Bonchev–Trinajstić information content (AvgIpc) is 2.75. The number of carboxylic acids is 1. The molecule has 0 bridgehead atoms. The SMILES string of the molecule is Cc1nnc(CNCC2CCCCC2C(=O)O)o1. The van der Waals surface area contributed by atoms with Crippen LogP contribution in [0.3, 0.4) is 0 Å². The number of carboxylic acid groups (broad SMARTS) is 1. The van der Waals surface area contributed by atoms with E-state index in [0.29, 0.717) is 24.9 Å². The molecule has 0 spiro atoms. The molecule has 2 N–H and O–H groups in total. The van der Waals surface area contributed by atoms with E-state index in [4.69, 9.17) is 9.52 Å². The number of aryl methyl sites for hydroxylation is 1. The van der Waals surface area contributed by atoms with Gasteiger partial charge in [0.25, 0.3) is 0 Å². The summed E-state index contributed by atoms with van der Waals surface area (Å²) in [7, 11) is 0. The van der Waals surface area contributed by atoms with Gasteiger partial charge in [0, 0.05) is 6.92 Å². The number of carbonyl (C=O) groups is 1. The Hall–Kier alpha value is -1.43. The molecule has 1 saturated carbocycles. The van der Waals surface area contributed by atoms with Gasteiger partial charge in [-0.1, -0.05) is 12.8 Å². The molecule has 6 heteroatoms. The Kier molecular flexibility index (Phi) is 4.30. The van der Waals surface area contributed by atoms with Gasteiger partial charge in [0.05, 0.1) is 12.5 Å². The Morgan fingerprint density at radius 1 is 1.44 bits per heavy atom. The lowest BCUT2D eigenvalue weighted by atomic mass is 9.79. The van der Waals surface area contributed by atoms with Crippen LogP contribution in [-0.4, -0.2) is 27.8 Å². The summed E-state index contributed by atoms with van der Waals surface area (Å²) in [6.07, 6.45) is 3.92. The lowest BCUT2D eigenvalue weighted by molar-refractivity contribution is -0.144. The van der Waals surface area contributed by atoms with Crippen LogP contribution >= 0.6 is 0 Å². The zero-order valence-electron chi connectivity index (χ0n) is 10.6. The molecule has 18 heavy (non-hydrogen) atoms. The van der Waals surface area contributed by atoms with Gasteiger partial charge in [-0.3, -0.25) is 4.79 Å². The van der Waals surface area contributed by atoms with Gasteiger partial charge in [-0.25, -0.2) is 0 Å². The molecule has 6 nitrogen and oxygen atoms in total. The summed E-state index contributed by atoms with van der Waals surface area (Å²) in [5.41, 5.74) is 0. The number of nitrogens with zero attached hydrogens (tertiary/aromatic N) is 2. The van der Waals surface area contributed by atoms with Crippen molar-refractivity contribution in [2.75, 3.05) is 6.54 Å². The van der Waals surface area contributed by atoms with Crippen LogP contribution in [0.2, 0.25) is 0 Å². The van der Waals surface area contributed by atoms with Crippen LogP contribution in [0.1, 0.15) is 37.5 Å². The molecule has 1 fully saturated rings. The Morgan fingerprint density at radius 2 is 2.22 bits per heavy atom. The number of hydrogen-bond acceptors (Lipinski definition) is 5. The summed E-state index contributed by atoms with van der Waals surface area (Å²) >= 11 is 0. The summed E-state index contributed by atoms with van der Waals surface area (Å²) < 4.78 is 5.25. The largest absolute Gasteiger partial charge is 0.481 e. The van der Waals surface area contributed by atoms with E-state index in [2.05, 4.69) is 15.5 Å². The maximum absolute atomic E-state index is 11.1. The fourth-order valence-electron chi connectivity index (χ4n) is 2.55. The van der Waals surface area contributed by atoms with Crippen molar-refractivity contribution in [3.63, 3.8) is 0 Å². The summed E-state index contributed by atoms with van der Waals surface area (Å²) in [6, 6.07) is 0. The second-order valence-electron chi connectivity index (χ2n) is 4.83. The molecule has 100 valence electrons. The quantitative estimate of drug-likeness (QED) is 0.823. The van der Waals surface area contributed by atoms with Crippen molar-refractivity contribution in [2.45, 2.75) is 39.2 Å². The van der Waals surface area contributed by atoms with E-state index in [9.17, 15) is 4.79 Å². The minimum absolute atomic E-state index is 0.209. The van der Waals surface area contributed by atoms with Crippen LogP contribution in [0, 0.1) is 18.8 Å². The van der Waals surface area contributed by atoms with Crippen LogP contribution in [0.5, 0.6) is 0 Å². The van der Waals surface area contributed by atoms with Crippen molar-refractivity contribution in [3.8, 4) is 0 Å². The Bertz CT molecular complexity index is 405. The molecule has 0 radical (unpaired) electrons. The molecule has 0 saturated heterocycles. The lowest BCUT2D eigenvalue weighted by Crippen LogP contribution is -2.34. The third-order valence-corrected chi connectivity index (χ3v) is 3.48. The Labute approximate surface area is 106 Å². The van der Waals surface area contributed by atoms with Crippen molar-refractivity contribution in [1.29, 1.82) is 0 Å². The third kappa shape index (κ3) is 3.29. The van der Waals surface area contributed by atoms with Crippen LogP contribution in [0.15, 0.2) is 4.42 Å². The summed E-state index contributed by atoms with van der Waals surface area (Å²) in [5.74, 6) is 0.425. The minimum Gasteiger partial charge on any atom is -0.481 e. The zero-order chi connectivity index (χ0) is 13.0. The van der Waals surface area contributed by atoms with Crippen molar-refractivity contribution >= 4 is 5.97 Å². The molecule has 1 aromatic heterocycles. The van der Waals surface area contributed by atoms with Gasteiger partial charge < -0.3 is 14.8 Å². The summed E-state index contributed by atoms with van der Waals surface area (Å²) in [4.78, 5) is 11.1. The van der Waals surface area contributed by atoms with E-state index >= 15 is 0 Å². The predicted octanol–water partition coefficient (Wildman–Crippen LogP) is 1.36. The number of hydrogen-bond donors (Lipinski definition) is 2. The van der Waals surface area contributed by atoms with Gasteiger partial charge in [-0.05, 0) is 25.3 Å². The van der Waals surface area contributed by atoms with E-state index in [1.54, 1.807) is 6.92 Å². The topological polar surface area (TPSA) is 88.2 Å². The average molecular weight is 253 g/mol. The maximum Gasteiger partial charge on any atom is 0.306 e. The number of aliphatic carboxylic acids is 1. The third-order valence-electron chi connectivity index (χ3n) is 3.48. The minimum atomic E-state index is -0.671. The number of aromatic nitrogens is 2.